The average Bonchev–Trinajstić information content (AvgIpc) is 3.21. The molecule has 28 heavy (non-hydrogen) atoms. The number of nitrogens with zero attached hydrogens (tertiary/aromatic N) is 1. The van der Waals surface area contributed by atoms with Crippen molar-refractivity contribution in [2.24, 2.45) is 0 Å². The number of aryl methyl sites for hydroxylation is 1. The summed E-state index contributed by atoms with van der Waals surface area (Å²) in [6, 6.07) is 16.0. The molecule has 0 aliphatic rings. The molecule has 0 aliphatic heterocycles. The zero-order chi connectivity index (χ0) is 20.0. The fraction of sp³-hybridized carbons (Fsp3) is 0.200. The minimum atomic E-state index is -3.46. The van der Waals surface area contributed by atoms with Gasteiger partial charge in [-0.3, -0.25) is 4.79 Å². The van der Waals surface area contributed by atoms with Crippen LogP contribution in [0.5, 0.6) is 0 Å². The average molecular weight is 399 g/mol. The molecule has 8 heteroatoms. The van der Waals surface area contributed by atoms with E-state index in [4.69, 9.17) is 4.42 Å². The summed E-state index contributed by atoms with van der Waals surface area (Å²) < 4.78 is 31.3. The second-order valence-corrected chi connectivity index (χ2v) is 8.00. The van der Waals surface area contributed by atoms with E-state index in [2.05, 4.69) is 15.0 Å². The summed E-state index contributed by atoms with van der Waals surface area (Å²) in [5, 5.41) is 2.81. The van der Waals surface area contributed by atoms with Gasteiger partial charge in [0.15, 0.2) is 11.7 Å². The summed E-state index contributed by atoms with van der Waals surface area (Å²) in [5.41, 5.74) is 1.75. The molecule has 1 aromatic heterocycles. The molecule has 7 nitrogen and oxygen atoms in total. The SMILES string of the molecule is CNS(=O)(=O)c1ccc(CNC(=O)CCc2ncc(-c3ccccc3)o2)cc1. The molecule has 0 atom stereocenters. The van der Waals surface area contributed by atoms with E-state index in [0.717, 1.165) is 11.1 Å². The van der Waals surface area contributed by atoms with E-state index in [0.29, 0.717) is 24.6 Å². The van der Waals surface area contributed by atoms with Gasteiger partial charge in [-0.05, 0) is 24.7 Å². The summed E-state index contributed by atoms with van der Waals surface area (Å²) in [4.78, 5) is 16.5. The van der Waals surface area contributed by atoms with Crippen LogP contribution in [-0.2, 0) is 27.8 Å². The van der Waals surface area contributed by atoms with E-state index in [1.165, 1.54) is 19.2 Å². The summed E-state index contributed by atoms with van der Waals surface area (Å²) in [6.45, 7) is 0.319. The van der Waals surface area contributed by atoms with Crippen LogP contribution in [0.2, 0.25) is 0 Å². The molecule has 0 spiro atoms. The molecular weight excluding hydrogens is 378 g/mol. The summed E-state index contributed by atoms with van der Waals surface area (Å²) in [7, 11) is -2.10. The number of carbonyl (C=O) groups is 1. The number of rotatable bonds is 8. The molecule has 146 valence electrons. The predicted octanol–water partition coefficient (Wildman–Crippen LogP) is 2.50. The van der Waals surface area contributed by atoms with E-state index in [1.54, 1.807) is 18.3 Å². The van der Waals surface area contributed by atoms with Crippen LogP contribution in [0, 0.1) is 0 Å². The number of sulfonamides is 1. The zero-order valence-corrected chi connectivity index (χ0v) is 16.2. The number of nitrogens with one attached hydrogen (secondary N) is 2. The third-order valence-electron chi connectivity index (χ3n) is 4.17. The lowest BCUT2D eigenvalue weighted by Gasteiger charge is -2.06. The minimum Gasteiger partial charge on any atom is -0.441 e. The first kappa shape index (κ1) is 19.8. The number of aromatic nitrogens is 1. The first-order valence-corrected chi connectivity index (χ1v) is 10.3. The Hall–Kier alpha value is -2.97. The van der Waals surface area contributed by atoms with Crippen molar-refractivity contribution < 1.29 is 17.6 Å². The maximum atomic E-state index is 12.1. The lowest BCUT2D eigenvalue weighted by atomic mass is 10.2. The van der Waals surface area contributed by atoms with Crippen molar-refractivity contribution in [3.63, 3.8) is 0 Å². The van der Waals surface area contributed by atoms with Gasteiger partial charge in [0, 0.05) is 24.9 Å². The first-order valence-electron chi connectivity index (χ1n) is 8.77. The van der Waals surface area contributed by atoms with Crippen LogP contribution in [0.15, 0.2) is 70.1 Å². The molecule has 2 N–H and O–H groups in total. The molecule has 1 heterocycles. The Balaban J connectivity index is 1.48. The highest BCUT2D eigenvalue weighted by Gasteiger charge is 2.11. The Kier molecular flexibility index (Phi) is 6.23. The maximum absolute atomic E-state index is 12.1. The van der Waals surface area contributed by atoms with Gasteiger partial charge < -0.3 is 9.73 Å². The van der Waals surface area contributed by atoms with E-state index >= 15 is 0 Å². The Morgan fingerprint density at radius 3 is 2.46 bits per heavy atom. The Morgan fingerprint density at radius 1 is 1.07 bits per heavy atom. The van der Waals surface area contributed by atoms with Crippen molar-refractivity contribution in [2.45, 2.75) is 24.3 Å². The highest BCUT2D eigenvalue weighted by atomic mass is 32.2. The van der Waals surface area contributed by atoms with Crippen molar-refractivity contribution >= 4 is 15.9 Å². The van der Waals surface area contributed by atoms with Crippen molar-refractivity contribution in [3.05, 3.63) is 72.2 Å². The van der Waals surface area contributed by atoms with Crippen LogP contribution in [0.4, 0.5) is 0 Å². The number of hydrogen-bond donors (Lipinski definition) is 2. The van der Waals surface area contributed by atoms with Crippen LogP contribution in [0.25, 0.3) is 11.3 Å². The minimum absolute atomic E-state index is 0.133. The van der Waals surface area contributed by atoms with Crippen molar-refractivity contribution in [1.82, 2.24) is 15.0 Å². The summed E-state index contributed by atoms with van der Waals surface area (Å²) in [5.74, 6) is 1.05. The molecule has 0 aliphatic carbocycles. The molecule has 0 saturated heterocycles. The molecule has 0 unspecified atom stereocenters. The Morgan fingerprint density at radius 2 is 1.79 bits per heavy atom. The third kappa shape index (κ3) is 5.05. The van der Waals surface area contributed by atoms with Crippen molar-refractivity contribution in [2.75, 3.05) is 7.05 Å². The third-order valence-corrected chi connectivity index (χ3v) is 5.60. The molecule has 0 saturated carbocycles. The molecular formula is C20H21N3O4S. The molecule has 1 amide bonds. The number of amides is 1. The lowest BCUT2D eigenvalue weighted by molar-refractivity contribution is -0.121. The standard InChI is InChI=1S/C20H21N3O4S/c1-21-28(25,26)17-9-7-15(8-10-17)13-22-19(24)11-12-20-23-14-18(27-20)16-5-3-2-4-6-16/h2-10,14,21H,11-13H2,1H3,(H,22,24). The van der Waals surface area contributed by atoms with Crippen LogP contribution in [0.3, 0.4) is 0 Å². The topological polar surface area (TPSA) is 101 Å². The van der Waals surface area contributed by atoms with Gasteiger partial charge in [0.1, 0.15) is 0 Å². The highest BCUT2D eigenvalue weighted by Crippen LogP contribution is 2.20. The Bertz CT molecular complexity index is 1030. The molecule has 3 aromatic rings. The fourth-order valence-electron chi connectivity index (χ4n) is 2.58. The van der Waals surface area contributed by atoms with Gasteiger partial charge in [-0.2, -0.15) is 0 Å². The number of oxazole rings is 1. The molecule has 2 aromatic carbocycles. The van der Waals surface area contributed by atoms with E-state index in [1.807, 2.05) is 30.3 Å². The van der Waals surface area contributed by atoms with Gasteiger partial charge in [0.05, 0.1) is 11.1 Å². The van der Waals surface area contributed by atoms with E-state index < -0.39 is 10.0 Å². The van der Waals surface area contributed by atoms with Crippen LogP contribution < -0.4 is 10.0 Å². The van der Waals surface area contributed by atoms with Crippen LogP contribution in [-0.4, -0.2) is 26.4 Å². The van der Waals surface area contributed by atoms with Crippen molar-refractivity contribution in [1.29, 1.82) is 0 Å². The fourth-order valence-corrected chi connectivity index (χ4v) is 3.31. The highest BCUT2D eigenvalue weighted by molar-refractivity contribution is 7.89. The summed E-state index contributed by atoms with van der Waals surface area (Å²) >= 11 is 0. The normalized spacial score (nSPS) is 11.3. The van der Waals surface area contributed by atoms with E-state index in [-0.39, 0.29) is 17.2 Å². The molecule has 0 fully saturated rings. The number of hydrogen-bond acceptors (Lipinski definition) is 5. The molecule has 0 bridgehead atoms. The van der Waals surface area contributed by atoms with Gasteiger partial charge in [0.25, 0.3) is 0 Å². The van der Waals surface area contributed by atoms with Gasteiger partial charge in [-0.25, -0.2) is 18.1 Å². The monoisotopic (exact) mass is 399 g/mol. The van der Waals surface area contributed by atoms with E-state index in [9.17, 15) is 13.2 Å². The molecule has 0 radical (unpaired) electrons. The second kappa shape index (κ2) is 8.81. The van der Waals surface area contributed by atoms with Gasteiger partial charge in [-0.1, -0.05) is 42.5 Å². The quantitative estimate of drug-likeness (QED) is 0.606. The molecule has 3 rings (SSSR count). The van der Waals surface area contributed by atoms with Gasteiger partial charge in [0.2, 0.25) is 15.9 Å². The van der Waals surface area contributed by atoms with Gasteiger partial charge in [-0.15, -0.1) is 0 Å². The predicted molar refractivity (Wildman–Crippen MR) is 105 cm³/mol. The smallest absolute Gasteiger partial charge is 0.240 e. The summed E-state index contributed by atoms with van der Waals surface area (Å²) in [6.07, 6.45) is 2.31. The Labute approximate surface area is 163 Å². The second-order valence-electron chi connectivity index (χ2n) is 6.11. The zero-order valence-electron chi connectivity index (χ0n) is 15.4. The van der Waals surface area contributed by atoms with Crippen molar-refractivity contribution in [3.8, 4) is 11.3 Å². The number of carbonyl (C=O) groups excluding carboxylic acids is 1. The lowest BCUT2D eigenvalue weighted by Crippen LogP contribution is -2.23. The van der Waals surface area contributed by atoms with Gasteiger partial charge >= 0.3 is 0 Å². The van der Waals surface area contributed by atoms with Crippen LogP contribution in [0.1, 0.15) is 17.9 Å². The first-order chi connectivity index (χ1) is 13.5. The van der Waals surface area contributed by atoms with Crippen LogP contribution >= 0.6 is 0 Å². The maximum Gasteiger partial charge on any atom is 0.240 e. The largest absolute Gasteiger partial charge is 0.441 e. The number of benzene rings is 2.